The maximum absolute atomic E-state index is 9.59. The van der Waals surface area contributed by atoms with Gasteiger partial charge < -0.3 is 9.84 Å². The number of likely N-dealkylation sites (tertiary alicyclic amines) is 1. The molecule has 3 aromatic rings. The fourth-order valence-electron chi connectivity index (χ4n) is 3.61. The van der Waals surface area contributed by atoms with Gasteiger partial charge in [-0.3, -0.25) is 4.90 Å². The van der Waals surface area contributed by atoms with Crippen molar-refractivity contribution in [2.75, 3.05) is 26.2 Å². The summed E-state index contributed by atoms with van der Waals surface area (Å²) in [5.74, 6) is 7.18. The molecule has 4 rings (SSSR count). The third-order valence-electron chi connectivity index (χ3n) is 5.36. The molecule has 2 heterocycles. The van der Waals surface area contributed by atoms with Gasteiger partial charge in [0.05, 0.1) is 6.10 Å². The SMILES string of the molecule is Cc1cc(C#Cc2ccc(-c3ccc(Cl)cc3)cn2)ccc1OCCN1CC[C@H](O)C1. The topological polar surface area (TPSA) is 45.6 Å². The number of β-amino-alcohol motifs (C(OH)–C–C–N with tert-alkyl or cyclic N) is 1. The first-order valence-corrected chi connectivity index (χ1v) is 10.8. The Hall–Kier alpha value is -2.84. The van der Waals surface area contributed by atoms with E-state index in [4.69, 9.17) is 16.3 Å². The summed E-state index contributed by atoms with van der Waals surface area (Å²) in [4.78, 5) is 6.69. The smallest absolute Gasteiger partial charge is 0.122 e. The van der Waals surface area contributed by atoms with Crippen LogP contribution in [0.5, 0.6) is 5.75 Å². The molecule has 0 aliphatic carbocycles. The lowest BCUT2D eigenvalue weighted by Crippen LogP contribution is -2.27. The molecule has 31 heavy (non-hydrogen) atoms. The number of pyridine rings is 1. The van der Waals surface area contributed by atoms with Crippen LogP contribution in [0.2, 0.25) is 5.02 Å². The molecule has 0 saturated carbocycles. The van der Waals surface area contributed by atoms with Crippen molar-refractivity contribution >= 4 is 11.6 Å². The van der Waals surface area contributed by atoms with Gasteiger partial charge in [0.15, 0.2) is 0 Å². The molecule has 1 N–H and O–H groups in total. The Kier molecular flexibility index (Phi) is 6.89. The van der Waals surface area contributed by atoms with Gasteiger partial charge >= 0.3 is 0 Å². The fourth-order valence-corrected chi connectivity index (χ4v) is 3.73. The van der Waals surface area contributed by atoms with Crippen molar-refractivity contribution in [2.45, 2.75) is 19.4 Å². The standard InChI is InChI=1S/C26H25ClN2O2/c1-19-16-20(3-11-26(19)31-15-14-29-13-12-25(30)18-29)2-9-24-10-6-22(17-28-24)21-4-7-23(27)8-5-21/h3-8,10-11,16-17,25,30H,12-15,18H2,1H3/t25-/m0/s1. The molecule has 1 saturated heterocycles. The van der Waals surface area contributed by atoms with Crippen LogP contribution in [0.25, 0.3) is 11.1 Å². The number of ether oxygens (including phenoxy) is 1. The van der Waals surface area contributed by atoms with E-state index in [1.165, 1.54) is 0 Å². The highest BCUT2D eigenvalue weighted by molar-refractivity contribution is 6.30. The minimum absolute atomic E-state index is 0.192. The first-order valence-electron chi connectivity index (χ1n) is 10.4. The molecule has 0 amide bonds. The zero-order chi connectivity index (χ0) is 21.6. The first-order chi connectivity index (χ1) is 15.1. The number of hydrogen-bond acceptors (Lipinski definition) is 4. The average Bonchev–Trinajstić information content (AvgIpc) is 3.19. The van der Waals surface area contributed by atoms with E-state index in [1.807, 2.05) is 67.7 Å². The zero-order valence-electron chi connectivity index (χ0n) is 17.5. The Morgan fingerprint density at radius 1 is 1.10 bits per heavy atom. The van der Waals surface area contributed by atoms with Crippen LogP contribution in [0.15, 0.2) is 60.8 Å². The molecule has 4 nitrogen and oxygen atoms in total. The number of aliphatic hydroxyl groups is 1. The van der Waals surface area contributed by atoms with Gasteiger partial charge in [-0.15, -0.1) is 0 Å². The zero-order valence-corrected chi connectivity index (χ0v) is 18.3. The van der Waals surface area contributed by atoms with Crippen LogP contribution >= 0.6 is 11.6 Å². The Morgan fingerprint density at radius 3 is 2.58 bits per heavy atom. The minimum atomic E-state index is -0.192. The van der Waals surface area contributed by atoms with E-state index in [0.29, 0.717) is 6.61 Å². The fraction of sp³-hybridized carbons (Fsp3) is 0.269. The van der Waals surface area contributed by atoms with E-state index in [0.717, 1.165) is 64.8 Å². The maximum atomic E-state index is 9.59. The number of rotatable bonds is 5. The summed E-state index contributed by atoms with van der Waals surface area (Å²) in [5.41, 5.74) is 4.81. The number of benzene rings is 2. The lowest BCUT2D eigenvalue weighted by molar-refractivity contribution is 0.167. The lowest BCUT2D eigenvalue weighted by atomic mass is 10.1. The van der Waals surface area contributed by atoms with Crippen LogP contribution in [0.4, 0.5) is 0 Å². The largest absolute Gasteiger partial charge is 0.492 e. The summed E-state index contributed by atoms with van der Waals surface area (Å²) in [6, 6.07) is 17.6. The van der Waals surface area contributed by atoms with Crippen molar-refractivity contribution in [3.8, 4) is 28.7 Å². The van der Waals surface area contributed by atoms with Gasteiger partial charge in [0, 0.05) is 42.0 Å². The third kappa shape index (κ3) is 5.86. The van der Waals surface area contributed by atoms with Gasteiger partial charge in [0.2, 0.25) is 0 Å². The van der Waals surface area contributed by atoms with Crippen molar-refractivity contribution in [3.63, 3.8) is 0 Å². The van der Waals surface area contributed by atoms with E-state index >= 15 is 0 Å². The van der Waals surface area contributed by atoms with Gasteiger partial charge in [0.1, 0.15) is 18.1 Å². The monoisotopic (exact) mass is 432 g/mol. The van der Waals surface area contributed by atoms with Crippen LogP contribution in [0, 0.1) is 18.8 Å². The molecule has 0 unspecified atom stereocenters. The molecule has 5 heteroatoms. The van der Waals surface area contributed by atoms with Crippen LogP contribution in [0.3, 0.4) is 0 Å². The van der Waals surface area contributed by atoms with Gasteiger partial charge in [-0.25, -0.2) is 4.98 Å². The highest BCUT2D eigenvalue weighted by atomic mass is 35.5. The molecule has 1 fully saturated rings. The lowest BCUT2D eigenvalue weighted by Gasteiger charge is -2.16. The molecule has 1 aliphatic rings. The molecular weight excluding hydrogens is 408 g/mol. The van der Waals surface area contributed by atoms with E-state index in [9.17, 15) is 5.11 Å². The Labute approximate surface area is 188 Å². The molecule has 0 radical (unpaired) electrons. The summed E-state index contributed by atoms with van der Waals surface area (Å²) in [6.45, 7) is 5.15. The summed E-state index contributed by atoms with van der Waals surface area (Å²) >= 11 is 5.95. The van der Waals surface area contributed by atoms with Crippen molar-refractivity contribution in [3.05, 3.63) is 82.6 Å². The Bertz CT molecular complexity index is 1090. The van der Waals surface area contributed by atoms with Crippen LogP contribution < -0.4 is 4.74 Å². The Balaban J connectivity index is 1.35. The van der Waals surface area contributed by atoms with Crippen LogP contribution in [-0.2, 0) is 0 Å². The van der Waals surface area contributed by atoms with Crippen LogP contribution in [0.1, 0.15) is 23.2 Å². The average molecular weight is 433 g/mol. The number of aromatic nitrogens is 1. The second-order valence-corrected chi connectivity index (χ2v) is 8.20. The van der Waals surface area contributed by atoms with Gasteiger partial charge in [0.25, 0.3) is 0 Å². The molecule has 1 aliphatic heterocycles. The number of aryl methyl sites for hydroxylation is 1. The van der Waals surface area contributed by atoms with Crippen molar-refractivity contribution in [1.29, 1.82) is 0 Å². The predicted molar refractivity (Wildman–Crippen MR) is 124 cm³/mol. The van der Waals surface area contributed by atoms with E-state index in [-0.39, 0.29) is 6.10 Å². The predicted octanol–water partition coefficient (Wildman–Crippen LogP) is 4.56. The summed E-state index contributed by atoms with van der Waals surface area (Å²) in [7, 11) is 0. The van der Waals surface area contributed by atoms with E-state index < -0.39 is 0 Å². The highest BCUT2D eigenvalue weighted by Crippen LogP contribution is 2.21. The van der Waals surface area contributed by atoms with Crippen molar-refractivity contribution in [1.82, 2.24) is 9.88 Å². The molecule has 1 atom stereocenters. The highest BCUT2D eigenvalue weighted by Gasteiger charge is 2.19. The molecule has 2 aromatic carbocycles. The molecule has 158 valence electrons. The summed E-state index contributed by atoms with van der Waals surface area (Å²) in [5, 5.41) is 10.3. The normalized spacial score (nSPS) is 16.0. The number of nitrogens with zero attached hydrogens (tertiary/aromatic N) is 2. The molecular formula is C26H25ClN2O2. The molecule has 1 aromatic heterocycles. The molecule has 0 bridgehead atoms. The first kappa shape index (κ1) is 21.4. The number of aliphatic hydroxyl groups excluding tert-OH is 1. The van der Waals surface area contributed by atoms with E-state index in [2.05, 4.69) is 21.7 Å². The summed E-state index contributed by atoms with van der Waals surface area (Å²) < 4.78 is 5.92. The van der Waals surface area contributed by atoms with Crippen LogP contribution in [-0.4, -0.2) is 47.3 Å². The van der Waals surface area contributed by atoms with E-state index in [1.54, 1.807) is 0 Å². The van der Waals surface area contributed by atoms with Gasteiger partial charge in [-0.2, -0.15) is 0 Å². The number of halogens is 1. The van der Waals surface area contributed by atoms with Gasteiger partial charge in [-0.1, -0.05) is 35.7 Å². The van der Waals surface area contributed by atoms with Crippen molar-refractivity contribution < 1.29 is 9.84 Å². The second-order valence-electron chi connectivity index (χ2n) is 7.76. The van der Waals surface area contributed by atoms with Gasteiger partial charge in [-0.05, 0) is 66.8 Å². The maximum Gasteiger partial charge on any atom is 0.122 e. The molecule has 0 spiro atoms. The quantitative estimate of drug-likeness (QED) is 0.600. The Morgan fingerprint density at radius 2 is 1.90 bits per heavy atom. The summed E-state index contributed by atoms with van der Waals surface area (Å²) in [6.07, 6.45) is 2.49. The third-order valence-corrected chi connectivity index (χ3v) is 5.62. The number of hydrogen-bond donors (Lipinski definition) is 1. The minimum Gasteiger partial charge on any atom is -0.492 e. The van der Waals surface area contributed by atoms with Crippen molar-refractivity contribution in [2.24, 2.45) is 0 Å². The second kappa shape index (κ2) is 9.98.